The van der Waals surface area contributed by atoms with E-state index in [1.54, 1.807) is 0 Å². The van der Waals surface area contributed by atoms with Gasteiger partial charge in [0, 0.05) is 13.0 Å². The Morgan fingerprint density at radius 1 is 1.62 bits per heavy atom. The van der Waals surface area contributed by atoms with Gasteiger partial charge in [0.15, 0.2) is 0 Å². The van der Waals surface area contributed by atoms with Gasteiger partial charge in [-0.1, -0.05) is 6.42 Å². The molecule has 48 valence electrons. The highest BCUT2D eigenvalue weighted by atomic mass is 15.1. The second-order valence-electron chi connectivity index (χ2n) is 2.96. The number of quaternary nitrogens is 1. The molecule has 0 heterocycles. The fourth-order valence-corrected chi connectivity index (χ4v) is 1.19. The van der Waals surface area contributed by atoms with E-state index in [4.69, 9.17) is 0 Å². The molecule has 1 saturated carbocycles. The van der Waals surface area contributed by atoms with E-state index in [2.05, 4.69) is 14.1 Å². The van der Waals surface area contributed by atoms with Gasteiger partial charge in [-0.3, -0.25) is 0 Å². The Morgan fingerprint density at radius 3 is 2.38 bits per heavy atom. The maximum absolute atomic E-state index is 3.88. The van der Waals surface area contributed by atoms with E-state index in [0.717, 1.165) is 5.92 Å². The van der Waals surface area contributed by atoms with Crippen molar-refractivity contribution in [3.63, 3.8) is 0 Å². The first-order valence-corrected chi connectivity index (χ1v) is 3.43. The van der Waals surface area contributed by atoms with Crippen molar-refractivity contribution in [1.82, 2.24) is 0 Å². The van der Waals surface area contributed by atoms with Crippen LogP contribution in [0.25, 0.3) is 0 Å². The molecule has 1 atom stereocenters. The van der Waals surface area contributed by atoms with Gasteiger partial charge >= 0.3 is 0 Å². The highest BCUT2D eigenvalue weighted by Crippen LogP contribution is 2.24. The monoisotopic (exact) mass is 113 g/mol. The summed E-state index contributed by atoms with van der Waals surface area (Å²) in [7, 11) is 6.00. The predicted octanol–water partition coefficient (Wildman–Crippen LogP) is 0.0928. The zero-order valence-corrected chi connectivity index (χ0v) is 5.61. The summed E-state index contributed by atoms with van der Waals surface area (Å²) in [6, 6.07) is 0. The molecule has 1 heteroatoms. The molecule has 1 aliphatic rings. The van der Waals surface area contributed by atoms with Crippen LogP contribution in [0.2, 0.25) is 0 Å². The second kappa shape index (κ2) is 2.49. The molecule has 1 nitrogen and oxygen atoms in total. The van der Waals surface area contributed by atoms with Gasteiger partial charge in [-0.25, -0.2) is 0 Å². The summed E-state index contributed by atoms with van der Waals surface area (Å²) >= 11 is 0. The molecular weight excluding hydrogens is 98.1 g/mol. The standard InChI is InChI=1S/C7H15N/c1-8(2)6-7-4-3-5-7/h7-8H,1,3-6H2,2H3. The Kier molecular flexibility index (Phi) is 1.90. The van der Waals surface area contributed by atoms with Crippen LogP contribution < -0.4 is 4.90 Å². The fourth-order valence-electron chi connectivity index (χ4n) is 1.19. The number of hydrogen-bond acceptors (Lipinski definition) is 0. The van der Waals surface area contributed by atoms with Crippen molar-refractivity contribution in [2.45, 2.75) is 19.3 Å². The van der Waals surface area contributed by atoms with Gasteiger partial charge in [0.1, 0.15) is 0 Å². The molecule has 1 rings (SSSR count). The molecule has 0 radical (unpaired) electrons. The number of rotatable bonds is 2. The average molecular weight is 113 g/mol. The Hall–Kier alpha value is -0.0400. The van der Waals surface area contributed by atoms with Gasteiger partial charge in [0.25, 0.3) is 0 Å². The molecule has 1 fully saturated rings. The number of nitrogens with one attached hydrogen (secondary N) is 1. The zero-order valence-electron chi connectivity index (χ0n) is 5.61. The summed E-state index contributed by atoms with van der Waals surface area (Å²) in [5.74, 6) is 1.01. The minimum Gasteiger partial charge on any atom is -0.470 e. The van der Waals surface area contributed by atoms with Crippen LogP contribution in [0.4, 0.5) is 0 Å². The summed E-state index contributed by atoms with van der Waals surface area (Å²) in [5, 5.41) is 0. The molecule has 1 unspecified atom stereocenters. The molecule has 1 N–H and O–H groups in total. The van der Waals surface area contributed by atoms with E-state index >= 15 is 0 Å². The van der Waals surface area contributed by atoms with Gasteiger partial charge in [0.05, 0.1) is 6.54 Å². The molecule has 1 aliphatic carbocycles. The van der Waals surface area contributed by atoms with Gasteiger partial charge in [0.2, 0.25) is 0 Å². The van der Waals surface area contributed by atoms with Gasteiger partial charge in [-0.15, -0.1) is 0 Å². The molecule has 0 aromatic heterocycles. The summed E-state index contributed by atoms with van der Waals surface area (Å²) in [4.78, 5) is 1.36. The normalized spacial score (nSPS) is 24.8. The van der Waals surface area contributed by atoms with Crippen LogP contribution in [-0.2, 0) is 0 Å². The summed E-state index contributed by atoms with van der Waals surface area (Å²) in [6.07, 6.45) is 4.36. The third-order valence-electron chi connectivity index (χ3n) is 1.86. The molecule has 0 aliphatic heterocycles. The third-order valence-corrected chi connectivity index (χ3v) is 1.86. The minimum absolute atomic E-state index is 1.01. The Morgan fingerprint density at radius 2 is 2.25 bits per heavy atom. The summed E-state index contributed by atoms with van der Waals surface area (Å²) < 4.78 is 0. The highest BCUT2D eigenvalue weighted by molar-refractivity contribution is 4.67. The SMILES string of the molecule is [CH2-][NH+](C)CC1CCC1. The Bertz CT molecular complexity index is 64.8. The first-order valence-electron chi connectivity index (χ1n) is 3.43. The molecule has 0 spiro atoms. The molecule has 0 aromatic carbocycles. The Labute approximate surface area is 51.7 Å². The largest absolute Gasteiger partial charge is 0.470 e. The molecule has 8 heavy (non-hydrogen) atoms. The average Bonchev–Trinajstić information content (AvgIpc) is 1.55. The van der Waals surface area contributed by atoms with Crippen molar-refractivity contribution in [2.75, 3.05) is 13.6 Å². The lowest BCUT2D eigenvalue weighted by Crippen LogP contribution is -3.04. The van der Waals surface area contributed by atoms with Crippen molar-refractivity contribution in [2.24, 2.45) is 5.92 Å². The van der Waals surface area contributed by atoms with E-state index < -0.39 is 0 Å². The van der Waals surface area contributed by atoms with Crippen LogP contribution in [0, 0.1) is 13.0 Å². The topological polar surface area (TPSA) is 4.44 Å². The van der Waals surface area contributed by atoms with Crippen molar-refractivity contribution < 1.29 is 4.90 Å². The lowest BCUT2D eigenvalue weighted by atomic mass is 9.85. The van der Waals surface area contributed by atoms with Crippen LogP contribution in [-0.4, -0.2) is 13.6 Å². The van der Waals surface area contributed by atoms with Crippen LogP contribution in [0.15, 0.2) is 0 Å². The lowest BCUT2D eigenvalue weighted by Gasteiger charge is -2.28. The van der Waals surface area contributed by atoms with E-state index in [9.17, 15) is 0 Å². The maximum Gasteiger partial charge on any atom is 0.0556 e. The quantitative estimate of drug-likeness (QED) is 0.484. The smallest absolute Gasteiger partial charge is 0.0556 e. The third kappa shape index (κ3) is 1.48. The van der Waals surface area contributed by atoms with Gasteiger partial charge < -0.3 is 4.90 Å². The fraction of sp³-hybridized carbons (Fsp3) is 0.857. The van der Waals surface area contributed by atoms with E-state index in [-0.39, 0.29) is 0 Å². The van der Waals surface area contributed by atoms with E-state index in [1.807, 2.05) is 0 Å². The van der Waals surface area contributed by atoms with Crippen LogP contribution >= 0.6 is 0 Å². The van der Waals surface area contributed by atoms with Crippen LogP contribution in [0.5, 0.6) is 0 Å². The zero-order chi connectivity index (χ0) is 5.98. The molecule has 0 aromatic rings. The highest BCUT2D eigenvalue weighted by Gasteiger charge is 2.18. The Balaban J connectivity index is 2.01. The number of hydrogen-bond donors (Lipinski definition) is 1. The van der Waals surface area contributed by atoms with Crippen molar-refractivity contribution >= 4 is 0 Å². The molecule has 0 saturated heterocycles. The first-order chi connectivity index (χ1) is 3.79. The van der Waals surface area contributed by atoms with Crippen molar-refractivity contribution in [3.8, 4) is 0 Å². The van der Waals surface area contributed by atoms with Gasteiger partial charge in [-0.2, -0.15) is 7.05 Å². The van der Waals surface area contributed by atoms with E-state index in [0.29, 0.717) is 0 Å². The van der Waals surface area contributed by atoms with Crippen molar-refractivity contribution in [3.05, 3.63) is 7.05 Å². The predicted molar refractivity (Wildman–Crippen MR) is 34.5 cm³/mol. The first kappa shape index (κ1) is 6.09. The second-order valence-corrected chi connectivity index (χ2v) is 2.96. The molecular formula is C7H15N. The van der Waals surface area contributed by atoms with Crippen LogP contribution in [0.3, 0.4) is 0 Å². The minimum atomic E-state index is 1.01. The van der Waals surface area contributed by atoms with Crippen LogP contribution in [0.1, 0.15) is 19.3 Å². The lowest BCUT2D eigenvalue weighted by molar-refractivity contribution is -0.836. The molecule has 0 amide bonds. The van der Waals surface area contributed by atoms with E-state index in [1.165, 1.54) is 30.7 Å². The summed E-state index contributed by atoms with van der Waals surface area (Å²) in [6.45, 7) is 1.28. The summed E-state index contributed by atoms with van der Waals surface area (Å²) in [5.41, 5.74) is 0. The van der Waals surface area contributed by atoms with Crippen molar-refractivity contribution in [1.29, 1.82) is 0 Å². The van der Waals surface area contributed by atoms with Gasteiger partial charge in [-0.05, 0) is 12.8 Å². The maximum atomic E-state index is 3.88. The molecule has 0 bridgehead atoms.